The molecule has 0 aliphatic rings. The molecule has 0 fully saturated rings. The maximum absolute atomic E-state index is 12.9. The van der Waals surface area contributed by atoms with Crippen molar-refractivity contribution < 1.29 is 24.5 Å². The normalized spacial score (nSPS) is 11.8. The number of aromatic carboxylic acids is 1. The van der Waals surface area contributed by atoms with Gasteiger partial charge in [-0.15, -0.1) is 6.58 Å². The van der Waals surface area contributed by atoms with Crippen LogP contribution in [0.3, 0.4) is 0 Å². The first kappa shape index (κ1) is 23.2. The van der Waals surface area contributed by atoms with Gasteiger partial charge in [-0.2, -0.15) is 0 Å². The van der Waals surface area contributed by atoms with Gasteiger partial charge in [0, 0.05) is 11.1 Å². The van der Waals surface area contributed by atoms with Gasteiger partial charge in [0.25, 0.3) is 0 Å². The molecule has 0 heterocycles. The molecule has 2 rings (SSSR count). The second-order valence-electron chi connectivity index (χ2n) is 9.43. The van der Waals surface area contributed by atoms with E-state index in [-0.39, 0.29) is 27.9 Å². The molecule has 0 aromatic heterocycles. The van der Waals surface area contributed by atoms with Gasteiger partial charge in [-0.3, -0.25) is 0 Å². The van der Waals surface area contributed by atoms with Crippen molar-refractivity contribution in [3.05, 3.63) is 70.8 Å². The molecule has 0 radical (unpaired) electrons. The zero-order valence-corrected chi connectivity index (χ0v) is 18.5. The van der Waals surface area contributed by atoms with Crippen LogP contribution in [-0.4, -0.2) is 22.2 Å². The van der Waals surface area contributed by atoms with Gasteiger partial charge in [-0.05, 0) is 53.1 Å². The third-order valence-corrected chi connectivity index (χ3v) is 4.84. The van der Waals surface area contributed by atoms with E-state index in [2.05, 4.69) is 6.58 Å². The van der Waals surface area contributed by atoms with Crippen molar-refractivity contribution in [3.8, 4) is 11.5 Å². The lowest BCUT2D eigenvalue weighted by molar-refractivity contribution is 0.0695. The maximum atomic E-state index is 12.9. The Balaban J connectivity index is 2.50. The molecule has 0 bridgehead atoms. The van der Waals surface area contributed by atoms with E-state index in [1.807, 2.05) is 41.5 Å². The standard InChI is InChI=1S/C25H30O5/c1-8-9-15-12-17(10-11-18(15)22(27)28)30-23(29)16-13-19(24(2,3)4)21(26)20(14-16)25(5,6)7/h8,10-14,26H,1,9H2,2-7H3,(H,27,28). The predicted octanol–water partition coefficient (Wildman–Crippen LogP) is 5.63. The van der Waals surface area contributed by atoms with Crippen molar-refractivity contribution in [3.63, 3.8) is 0 Å². The first-order valence-corrected chi connectivity index (χ1v) is 9.83. The monoisotopic (exact) mass is 410 g/mol. The van der Waals surface area contributed by atoms with Crippen molar-refractivity contribution in [1.29, 1.82) is 0 Å². The van der Waals surface area contributed by atoms with Crippen LogP contribution in [0.15, 0.2) is 43.0 Å². The van der Waals surface area contributed by atoms with E-state index in [0.717, 1.165) is 0 Å². The molecule has 0 saturated heterocycles. The fourth-order valence-corrected chi connectivity index (χ4v) is 3.23. The molecule has 0 unspecified atom stereocenters. The summed E-state index contributed by atoms with van der Waals surface area (Å²) >= 11 is 0. The van der Waals surface area contributed by atoms with Crippen molar-refractivity contribution in [2.75, 3.05) is 0 Å². The molecule has 0 atom stereocenters. The van der Waals surface area contributed by atoms with Gasteiger partial charge in [0.05, 0.1) is 11.1 Å². The number of rotatable bonds is 5. The van der Waals surface area contributed by atoms with E-state index in [4.69, 9.17) is 4.74 Å². The topological polar surface area (TPSA) is 83.8 Å². The molecule has 0 saturated carbocycles. The summed E-state index contributed by atoms with van der Waals surface area (Å²) in [6.45, 7) is 15.5. The summed E-state index contributed by atoms with van der Waals surface area (Å²) in [7, 11) is 0. The van der Waals surface area contributed by atoms with Crippen LogP contribution in [0.5, 0.6) is 11.5 Å². The first-order valence-electron chi connectivity index (χ1n) is 9.83. The number of carbonyl (C=O) groups excluding carboxylic acids is 1. The fourth-order valence-electron chi connectivity index (χ4n) is 3.23. The van der Waals surface area contributed by atoms with Crippen LogP contribution in [0.1, 0.15) is 78.9 Å². The first-order chi connectivity index (χ1) is 13.8. The Hall–Kier alpha value is -3.08. The van der Waals surface area contributed by atoms with Gasteiger partial charge < -0.3 is 14.9 Å². The van der Waals surface area contributed by atoms with Gasteiger partial charge >= 0.3 is 11.9 Å². The molecule has 160 valence electrons. The second kappa shape index (κ2) is 8.34. The highest BCUT2D eigenvalue weighted by molar-refractivity contribution is 5.93. The zero-order chi connectivity index (χ0) is 22.9. The fraction of sp³-hybridized carbons (Fsp3) is 0.360. The van der Waals surface area contributed by atoms with E-state index in [9.17, 15) is 19.8 Å². The van der Waals surface area contributed by atoms with Gasteiger partial charge in [-0.1, -0.05) is 47.6 Å². The minimum atomic E-state index is -1.05. The van der Waals surface area contributed by atoms with Crippen LogP contribution in [-0.2, 0) is 17.3 Å². The number of phenols is 1. The summed E-state index contributed by atoms with van der Waals surface area (Å²) in [6, 6.07) is 7.73. The number of ether oxygens (including phenoxy) is 1. The predicted molar refractivity (Wildman–Crippen MR) is 118 cm³/mol. The van der Waals surface area contributed by atoms with Crippen molar-refractivity contribution in [2.45, 2.75) is 58.8 Å². The zero-order valence-electron chi connectivity index (χ0n) is 18.5. The van der Waals surface area contributed by atoms with Crippen molar-refractivity contribution in [1.82, 2.24) is 0 Å². The molecule has 2 N–H and O–H groups in total. The number of hydrogen-bond donors (Lipinski definition) is 2. The average Bonchev–Trinajstić information content (AvgIpc) is 2.60. The van der Waals surface area contributed by atoms with Crippen LogP contribution in [0.2, 0.25) is 0 Å². The second-order valence-corrected chi connectivity index (χ2v) is 9.43. The third kappa shape index (κ3) is 5.09. The Bertz CT molecular complexity index is 953. The number of carbonyl (C=O) groups is 2. The van der Waals surface area contributed by atoms with E-state index in [1.165, 1.54) is 12.1 Å². The number of allylic oxidation sites excluding steroid dienone is 1. The number of carboxylic acids is 1. The highest BCUT2D eigenvalue weighted by atomic mass is 16.5. The number of phenolic OH excluding ortho intramolecular Hbond substituents is 1. The summed E-state index contributed by atoms with van der Waals surface area (Å²) in [5, 5.41) is 20.1. The summed E-state index contributed by atoms with van der Waals surface area (Å²) < 4.78 is 5.55. The molecule has 0 amide bonds. The van der Waals surface area contributed by atoms with Crippen LogP contribution < -0.4 is 4.74 Å². The average molecular weight is 411 g/mol. The van der Waals surface area contributed by atoms with Crippen LogP contribution in [0.25, 0.3) is 0 Å². The Kier molecular flexibility index (Phi) is 6.45. The van der Waals surface area contributed by atoms with E-state index < -0.39 is 11.9 Å². The molecule has 2 aromatic rings. The summed E-state index contributed by atoms with van der Waals surface area (Å²) in [5.41, 5.74) is 1.56. The summed E-state index contributed by atoms with van der Waals surface area (Å²) in [5.74, 6) is -1.18. The molecular weight excluding hydrogens is 380 g/mol. The van der Waals surface area contributed by atoms with Crippen molar-refractivity contribution >= 4 is 11.9 Å². The number of aromatic hydroxyl groups is 1. The van der Waals surface area contributed by atoms with Gasteiger partial charge in [0.2, 0.25) is 0 Å². The lowest BCUT2D eigenvalue weighted by Gasteiger charge is -2.28. The van der Waals surface area contributed by atoms with Gasteiger partial charge in [0.15, 0.2) is 0 Å². The van der Waals surface area contributed by atoms with Crippen LogP contribution in [0.4, 0.5) is 0 Å². The molecule has 5 heteroatoms. The largest absolute Gasteiger partial charge is 0.507 e. The number of esters is 1. The Morgan fingerprint density at radius 1 is 1.00 bits per heavy atom. The Labute approximate surface area is 178 Å². The molecule has 0 aliphatic heterocycles. The molecule has 5 nitrogen and oxygen atoms in total. The quantitative estimate of drug-likeness (QED) is 0.379. The van der Waals surface area contributed by atoms with Gasteiger partial charge in [-0.25, -0.2) is 9.59 Å². The lowest BCUT2D eigenvalue weighted by atomic mass is 9.78. The lowest BCUT2D eigenvalue weighted by Crippen LogP contribution is -2.20. The Morgan fingerprint density at radius 2 is 1.53 bits per heavy atom. The van der Waals surface area contributed by atoms with Crippen LogP contribution in [0, 0.1) is 0 Å². The summed E-state index contributed by atoms with van der Waals surface area (Å²) in [6.07, 6.45) is 1.94. The minimum Gasteiger partial charge on any atom is -0.507 e. The van der Waals surface area contributed by atoms with Crippen molar-refractivity contribution in [2.24, 2.45) is 0 Å². The molecule has 0 aliphatic carbocycles. The number of hydrogen-bond acceptors (Lipinski definition) is 4. The molecular formula is C25H30O5. The highest BCUT2D eigenvalue weighted by Gasteiger charge is 2.28. The molecule has 0 spiro atoms. The molecule has 2 aromatic carbocycles. The van der Waals surface area contributed by atoms with E-state index in [1.54, 1.807) is 24.3 Å². The minimum absolute atomic E-state index is 0.143. The van der Waals surface area contributed by atoms with E-state index in [0.29, 0.717) is 28.7 Å². The Morgan fingerprint density at radius 3 is 1.97 bits per heavy atom. The highest BCUT2D eigenvalue weighted by Crippen LogP contribution is 2.40. The van der Waals surface area contributed by atoms with Gasteiger partial charge in [0.1, 0.15) is 11.5 Å². The van der Waals surface area contributed by atoms with Crippen LogP contribution >= 0.6 is 0 Å². The van der Waals surface area contributed by atoms with E-state index >= 15 is 0 Å². The number of carboxylic acid groups (broad SMARTS) is 1. The summed E-state index contributed by atoms with van der Waals surface area (Å²) in [4.78, 5) is 24.3. The number of benzene rings is 2. The smallest absolute Gasteiger partial charge is 0.343 e. The maximum Gasteiger partial charge on any atom is 0.343 e. The molecule has 30 heavy (non-hydrogen) atoms. The SMILES string of the molecule is C=CCc1cc(OC(=O)c2cc(C(C)(C)C)c(O)c(C(C)(C)C)c2)ccc1C(=O)O. The third-order valence-electron chi connectivity index (χ3n) is 4.84.